The molecule has 1 aromatic carbocycles. The molecule has 1 aromatic rings. The molecule has 0 heterocycles. The van der Waals surface area contributed by atoms with Gasteiger partial charge >= 0.3 is 5.97 Å². The normalized spacial score (nSPS) is 14.9. The molecule has 5 atom stereocenters. The van der Waals surface area contributed by atoms with Crippen LogP contribution in [0.3, 0.4) is 0 Å². The molecular formula is C23H34N6O7. The molecule has 13 nitrogen and oxygen atoms in total. The van der Waals surface area contributed by atoms with Gasteiger partial charge in [0, 0.05) is 0 Å². The predicted octanol–water partition coefficient (Wildman–Crippen LogP) is -2.11. The van der Waals surface area contributed by atoms with Crippen LogP contribution in [0, 0.1) is 5.92 Å². The molecule has 0 fully saturated rings. The minimum Gasteiger partial charge on any atom is -0.480 e. The standard InChI is InChI=1S/C23H34N6O7/c1-3-12(2)19(22(34)28-16(23(35)36)11-18(26)31)29-21(33)15(10-17(25)30)27-20(32)14(24)9-13-7-5-4-6-8-13/h4-8,12,14-16,19H,3,9-11,24H2,1-2H3,(H2,25,30)(H2,26,31)(H,27,32)(H,28,34)(H,29,33)(H,35,36). The molecule has 5 amide bonds. The first-order chi connectivity index (χ1) is 16.8. The van der Waals surface area contributed by atoms with Crippen molar-refractivity contribution in [2.45, 2.75) is 63.7 Å². The molecule has 0 aromatic heterocycles. The maximum absolute atomic E-state index is 13.0. The van der Waals surface area contributed by atoms with Crippen LogP contribution in [0.2, 0.25) is 0 Å². The average molecular weight is 507 g/mol. The number of carboxylic acids is 1. The van der Waals surface area contributed by atoms with Crippen molar-refractivity contribution in [3.05, 3.63) is 35.9 Å². The molecule has 13 heteroatoms. The quantitative estimate of drug-likeness (QED) is 0.139. The van der Waals surface area contributed by atoms with Crippen LogP contribution in [-0.2, 0) is 35.2 Å². The van der Waals surface area contributed by atoms with Crippen molar-refractivity contribution in [3.63, 3.8) is 0 Å². The van der Waals surface area contributed by atoms with Crippen LogP contribution >= 0.6 is 0 Å². The number of hydrogen-bond acceptors (Lipinski definition) is 7. The molecule has 0 radical (unpaired) electrons. The Morgan fingerprint density at radius 2 is 1.36 bits per heavy atom. The average Bonchev–Trinajstić information content (AvgIpc) is 2.80. The highest BCUT2D eigenvalue weighted by atomic mass is 16.4. The minimum absolute atomic E-state index is 0.173. The molecule has 5 unspecified atom stereocenters. The highest BCUT2D eigenvalue weighted by Crippen LogP contribution is 2.10. The Kier molecular flexibility index (Phi) is 12.0. The third kappa shape index (κ3) is 10.1. The number of nitrogens with two attached hydrogens (primary N) is 3. The zero-order valence-corrected chi connectivity index (χ0v) is 20.2. The molecule has 0 saturated carbocycles. The van der Waals surface area contributed by atoms with E-state index in [1.807, 2.05) is 0 Å². The van der Waals surface area contributed by atoms with Gasteiger partial charge in [0.15, 0.2) is 0 Å². The Bertz CT molecular complexity index is 956. The van der Waals surface area contributed by atoms with E-state index >= 15 is 0 Å². The zero-order valence-electron chi connectivity index (χ0n) is 20.2. The summed E-state index contributed by atoms with van der Waals surface area (Å²) in [6.07, 6.45) is -0.640. The topological polar surface area (TPSA) is 237 Å². The summed E-state index contributed by atoms with van der Waals surface area (Å²) in [5.74, 6) is -6.28. The number of carbonyl (C=O) groups excluding carboxylic acids is 5. The number of carbonyl (C=O) groups is 6. The molecule has 0 aliphatic carbocycles. The molecule has 10 N–H and O–H groups in total. The molecule has 0 bridgehead atoms. The van der Waals surface area contributed by atoms with Gasteiger partial charge in [-0.05, 0) is 17.9 Å². The van der Waals surface area contributed by atoms with Gasteiger partial charge in [0.1, 0.15) is 18.1 Å². The summed E-state index contributed by atoms with van der Waals surface area (Å²) in [6.45, 7) is 3.37. The van der Waals surface area contributed by atoms with Crippen molar-refractivity contribution >= 4 is 35.5 Å². The molecule has 0 spiro atoms. The Labute approximate surface area is 208 Å². The van der Waals surface area contributed by atoms with Gasteiger partial charge in [0.2, 0.25) is 29.5 Å². The number of hydrogen-bond donors (Lipinski definition) is 7. The monoisotopic (exact) mass is 506 g/mol. The molecular weight excluding hydrogens is 472 g/mol. The van der Waals surface area contributed by atoms with E-state index in [1.165, 1.54) is 0 Å². The molecule has 0 saturated heterocycles. The largest absolute Gasteiger partial charge is 0.480 e. The van der Waals surface area contributed by atoms with Crippen LogP contribution in [0.25, 0.3) is 0 Å². The second-order valence-corrected chi connectivity index (χ2v) is 8.47. The van der Waals surface area contributed by atoms with E-state index in [2.05, 4.69) is 16.0 Å². The lowest BCUT2D eigenvalue weighted by atomic mass is 9.97. The van der Waals surface area contributed by atoms with Crippen molar-refractivity contribution in [2.24, 2.45) is 23.1 Å². The van der Waals surface area contributed by atoms with Crippen LogP contribution in [0.15, 0.2) is 30.3 Å². The van der Waals surface area contributed by atoms with Crippen LogP contribution in [0.4, 0.5) is 0 Å². The van der Waals surface area contributed by atoms with E-state index in [1.54, 1.807) is 44.2 Å². The minimum atomic E-state index is -1.60. The Hall–Kier alpha value is -4.00. The molecule has 36 heavy (non-hydrogen) atoms. The third-order valence-corrected chi connectivity index (χ3v) is 5.49. The van der Waals surface area contributed by atoms with Crippen LogP contribution < -0.4 is 33.2 Å². The van der Waals surface area contributed by atoms with Crippen molar-refractivity contribution < 1.29 is 33.9 Å². The third-order valence-electron chi connectivity index (χ3n) is 5.49. The van der Waals surface area contributed by atoms with Gasteiger partial charge in [-0.1, -0.05) is 50.6 Å². The van der Waals surface area contributed by atoms with Gasteiger partial charge in [-0.3, -0.25) is 24.0 Å². The zero-order chi connectivity index (χ0) is 27.4. The van der Waals surface area contributed by atoms with E-state index in [-0.39, 0.29) is 6.42 Å². The predicted molar refractivity (Wildman–Crippen MR) is 129 cm³/mol. The van der Waals surface area contributed by atoms with Gasteiger partial charge in [0.25, 0.3) is 0 Å². The SMILES string of the molecule is CCC(C)C(NC(=O)C(CC(N)=O)NC(=O)C(N)Cc1ccccc1)C(=O)NC(CC(N)=O)C(=O)O. The lowest BCUT2D eigenvalue weighted by Crippen LogP contribution is -2.59. The summed E-state index contributed by atoms with van der Waals surface area (Å²) in [6, 6.07) is 3.60. The highest BCUT2D eigenvalue weighted by molar-refractivity contribution is 5.96. The Balaban J connectivity index is 3.00. The van der Waals surface area contributed by atoms with Crippen molar-refractivity contribution in [1.82, 2.24) is 16.0 Å². The summed E-state index contributed by atoms with van der Waals surface area (Å²) >= 11 is 0. The van der Waals surface area contributed by atoms with Gasteiger partial charge in [-0.25, -0.2) is 4.79 Å². The van der Waals surface area contributed by atoms with E-state index < -0.39 is 78.4 Å². The summed E-state index contributed by atoms with van der Waals surface area (Å²) in [4.78, 5) is 72.5. The highest BCUT2D eigenvalue weighted by Gasteiger charge is 2.33. The van der Waals surface area contributed by atoms with E-state index in [9.17, 15) is 33.9 Å². The lowest BCUT2D eigenvalue weighted by Gasteiger charge is -2.27. The van der Waals surface area contributed by atoms with Crippen molar-refractivity contribution in [3.8, 4) is 0 Å². The first-order valence-corrected chi connectivity index (χ1v) is 11.4. The van der Waals surface area contributed by atoms with Gasteiger partial charge in [-0.2, -0.15) is 0 Å². The van der Waals surface area contributed by atoms with Crippen molar-refractivity contribution in [1.29, 1.82) is 0 Å². The second kappa shape index (κ2) is 14.4. The summed E-state index contributed by atoms with van der Waals surface area (Å²) < 4.78 is 0. The van der Waals surface area contributed by atoms with E-state index in [0.29, 0.717) is 6.42 Å². The number of aliphatic carboxylic acids is 1. The summed E-state index contributed by atoms with van der Waals surface area (Å²) in [5.41, 5.74) is 17.0. The fourth-order valence-electron chi connectivity index (χ4n) is 3.27. The van der Waals surface area contributed by atoms with Crippen LogP contribution in [-0.4, -0.2) is 64.8 Å². The number of amides is 5. The van der Waals surface area contributed by atoms with Crippen LogP contribution in [0.1, 0.15) is 38.7 Å². The lowest BCUT2D eigenvalue weighted by molar-refractivity contribution is -0.144. The Morgan fingerprint density at radius 1 is 0.833 bits per heavy atom. The number of carboxylic acid groups (broad SMARTS) is 1. The summed E-state index contributed by atoms with van der Waals surface area (Å²) in [5, 5.41) is 16.3. The fourth-order valence-corrected chi connectivity index (χ4v) is 3.27. The number of primary amides is 2. The molecule has 1 rings (SSSR count). The van der Waals surface area contributed by atoms with Gasteiger partial charge in [0.05, 0.1) is 18.9 Å². The summed E-state index contributed by atoms with van der Waals surface area (Å²) in [7, 11) is 0. The van der Waals surface area contributed by atoms with Crippen LogP contribution in [0.5, 0.6) is 0 Å². The van der Waals surface area contributed by atoms with E-state index in [0.717, 1.165) is 5.56 Å². The van der Waals surface area contributed by atoms with Crippen molar-refractivity contribution in [2.75, 3.05) is 0 Å². The second-order valence-electron chi connectivity index (χ2n) is 8.47. The molecule has 198 valence electrons. The molecule has 0 aliphatic heterocycles. The van der Waals surface area contributed by atoms with Gasteiger partial charge in [-0.15, -0.1) is 0 Å². The number of rotatable bonds is 15. The number of benzene rings is 1. The maximum Gasteiger partial charge on any atom is 0.326 e. The van der Waals surface area contributed by atoms with Gasteiger partial charge < -0.3 is 38.3 Å². The smallest absolute Gasteiger partial charge is 0.326 e. The first-order valence-electron chi connectivity index (χ1n) is 11.4. The Morgan fingerprint density at radius 3 is 1.86 bits per heavy atom. The maximum atomic E-state index is 13.0. The molecule has 0 aliphatic rings. The first kappa shape index (κ1) is 30.0. The van der Waals surface area contributed by atoms with E-state index in [4.69, 9.17) is 17.2 Å². The number of nitrogens with one attached hydrogen (secondary N) is 3. The fraction of sp³-hybridized carbons (Fsp3) is 0.478.